The Labute approximate surface area is 129 Å². The van der Waals surface area contributed by atoms with Crippen molar-refractivity contribution < 1.29 is 9.21 Å². The number of furan rings is 1. The van der Waals surface area contributed by atoms with Gasteiger partial charge in [0.15, 0.2) is 0 Å². The molecule has 1 fully saturated rings. The maximum Gasteiger partial charge on any atom is 0.255 e. The number of nitrogens with one attached hydrogen (secondary N) is 1. The third-order valence-corrected chi connectivity index (χ3v) is 5.73. The molecular weight excluding hydrogens is 318 g/mol. The molecule has 0 bridgehead atoms. The van der Waals surface area contributed by atoms with Crippen molar-refractivity contribution in [1.29, 1.82) is 0 Å². The molecule has 112 valence electrons. The van der Waals surface area contributed by atoms with Crippen molar-refractivity contribution >= 4 is 21.8 Å². The number of hydrogen-bond acceptors (Lipinski definition) is 2. The fourth-order valence-electron chi connectivity index (χ4n) is 3.04. The second-order valence-corrected chi connectivity index (χ2v) is 6.83. The van der Waals surface area contributed by atoms with Crippen molar-refractivity contribution in [2.75, 3.05) is 5.33 Å². The van der Waals surface area contributed by atoms with Crippen LogP contribution in [0.25, 0.3) is 0 Å². The Morgan fingerprint density at radius 1 is 1.30 bits per heavy atom. The van der Waals surface area contributed by atoms with Gasteiger partial charge >= 0.3 is 0 Å². The summed E-state index contributed by atoms with van der Waals surface area (Å²) in [6, 6.07) is 0. The van der Waals surface area contributed by atoms with Crippen LogP contribution in [0.4, 0.5) is 0 Å². The zero-order valence-corrected chi connectivity index (χ0v) is 14.4. The van der Waals surface area contributed by atoms with Crippen LogP contribution in [0.3, 0.4) is 0 Å². The van der Waals surface area contributed by atoms with Gasteiger partial charge in [0, 0.05) is 10.9 Å². The summed E-state index contributed by atoms with van der Waals surface area (Å²) in [7, 11) is 0. The van der Waals surface area contributed by atoms with Crippen molar-refractivity contribution in [3.8, 4) is 0 Å². The molecule has 3 nitrogen and oxygen atoms in total. The number of amides is 1. The van der Waals surface area contributed by atoms with E-state index in [4.69, 9.17) is 4.42 Å². The second-order valence-electron chi connectivity index (χ2n) is 6.27. The SMILES string of the molecule is Cc1oc(C)c(C(=O)NC2(CBr)CCC(C)CC2)c1C. The first kappa shape index (κ1) is 15.6. The highest BCUT2D eigenvalue weighted by Crippen LogP contribution is 2.34. The third kappa shape index (κ3) is 2.95. The number of alkyl halides is 1. The lowest BCUT2D eigenvalue weighted by Crippen LogP contribution is -2.52. The van der Waals surface area contributed by atoms with Gasteiger partial charge in [-0.3, -0.25) is 4.79 Å². The molecule has 1 aliphatic rings. The molecule has 0 unspecified atom stereocenters. The number of hydrogen-bond donors (Lipinski definition) is 1. The number of carbonyl (C=O) groups is 1. The average Bonchev–Trinajstić information content (AvgIpc) is 2.66. The zero-order chi connectivity index (χ0) is 14.9. The van der Waals surface area contributed by atoms with E-state index in [1.807, 2.05) is 20.8 Å². The molecule has 1 N–H and O–H groups in total. The first-order chi connectivity index (χ1) is 9.38. The largest absolute Gasteiger partial charge is 0.466 e. The first-order valence-corrected chi connectivity index (χ1v) is 8.46. The summed E-state index contributed by atoms with van der Waals surface area (Å²) in [5, 5.41) is 4.08. The normalized spacial score (nSPS) is 26.6. The molecule has 0 aliphatic heterocycles. The van der Waals surface area contributed by atoms with E-state index in [2.05, 4.69) is 28.2 Å². The molecule has 0 atom stereocenters. The molecule has 1 heterocycles. The molecule has 1 saturated carbocycles. The number of rotatable bonds is 3. The van der Waals surface area contributed by atoms with E-state index in [0.717, 1.165) is 35.4 Å². The number of carbonyl (C=O) groups excluding carboxylic acids is 1. The molecule has 20 heavy (non-hydrogen) atoms. The monoisotopic (exact) mass is 341 g/mol. The summed E-state index contributed by atoms with van der Waals surface area (Å²) >= 11 is 3.59. The molecule has 0 radical (unpaired) electrons. The summed E-state index contributed by atoms with van der Waals surface area (Å²) in [5.74, 6) is 2.31. The minimum absolute atomic E-state index is 0.00542. The maximum atomic E-state index is 12.6. The highest BCUT2D eigenvalue weighted by Gasteiger charge is 2.35. The Morgan fingerprint density at radius 3 is 2.35 bits per heavy atom. The minimum atomic E-state index is -0.104. The van der Waals surface area contributed by atoms with Crippen LogP contribution in [-0.2, 0) is 0 Å². The molecule has 0 spiro atoms. The van der Waals surface area contributed by atoms with Crippen LogP contribution >= 0.6 is 15.9 Å². The van der Waals surface area contributed by atoms with Crippen LogP contribution in [0.15, 0.2) is 4.42 Å². The van der Waals surface area contributed by atoms with Crippen LogP contribution in [0, 0.1) is 26.7 Å². The zero-order valence-electron chi connectivity index (χ0n) is 12.8. The third-order valence-electron chi connectivity index (χ3n) is 4.65. The van der Waals surface area contributed by atoms with E-state index >= 15 is 0 Å². The van der Waals surface area contributed by atoms with Crippen molar-refractivity contribution in [3.05, 3.63) is 22.6 Å². The van der Waals surface area contributed by atoms with E-state index in [0.29, 0.717) is 11.3 Å². The molecular formula is C16H24BrNO2. The van der Waals surface area contributed by atoms with Gasteiger partial charge in [0.25, 0.3) is 5.91 Å². The van der Waals surface area contributed by atoms with Gasteiger partial charge < -0.3 is 9.73 Å². The van der Waals surface area contributed by atoms with Gasteiger partial charge in [0.2, 0.25) is 0 Å². The summed E-state index contributed by atoms with van der Waals surface area (Å²) in [6.45, 7) is 8.00. The number of halogens is 1. The lowest BCUT2D eigenvalue weighted by atomic mass is 9.78. The molecule has 1 aromatic heterocycles. The molecule has 1 amide bonds. The molecule has 4 heteroatoms. The predicted molar refractivity (Wildman–Crippen MR) is 84.5 cm³/mol. The van der Waals surface area contributed by atoms with Gasteiger partial charge in [-0.2, -0.15) is 0 Å². The van der Waals surface area contributed by atoms with E-state index in [1.54, 1.807) is 0 Å². The highest BCUT2D eigenvalue weighted by molar-refractivity contribution is 9.09. The van der Waals surface area contributed by atoms with Gasteiger partial charge in [-0.15, -0.1) is 0 Å². The minimum Gasteiger partial charge on any atom is -0.466 e. The Morgan fingerprint density at radius 2 is 1.90 bits per heavy atom. The molecule has 1 aromatic rings. The molecule has 1 aliphatic carbocycles. The van der Waals surface area contributed by atoms with E-state index in [1.165, 1.54) is 12.8 Å². The maximum absolute atomic E-state index is 12.6. The quantitative estimate of drug-likeness (QED) is 0.833. The van der Waals surface area contributed by atoms with E-state index < -0.39 is 0 Å². The van der Waals surface area contributed by atoms with Crippen LogP contribution in [0.2, 0.25) is 0 Å². The van der Waals surface area contributed by atoms with Gasteiger partial charge in [0.1, 0.15) is 11.5 Å². The van der Waals surface area contributed by atoms with E-state index in [9.17, 15) is 4.79 Å². The second kappa shape index (κ2) is 5.92. The van der Waals surface area contributed by atoms with Gasteiger partial charge in [-0.05, 0) is 52.4 Å². The van der Waals surface area contributed by atoms with Crippen LogP contribution in [0.5, 0.6) is 0 Å². The standard InChI is InChI=1S/C16H24BrNO2/c1-10-5-7-16(9-17,8-6-10)18-15(19)14-11(2)12(3)20-13(14)4/h10H,5-9H2,1-4H3,(H,18,19). The Kier molecular flexibility index (Phi) is 4.62. The van der Waals surface area contributed by atoms with E-state index in [-0.39, 0.29) is 11.4 Å². The Balaban J connectivity index is 2.17. The van der Waals surface area contributed by atoms with Gasteiger partial charge in [0.05, 0.1) is 11.1 Å². The Hall–Kier alpha value is -0.770. The van der Waals surface area contributed by atoms with Crippen LogP contribution in [0.1, 0.15) is 60.0 Å². The highest BCUT2D eigenvalue weighted by atomic mass is 79.9. The molecule has 0 aromatic carbocycles. The average molecular weight is 342 g/mol. The van der Waals surface area contributed by atoms with Crippen LogP contribution in [-0.4, -0.2) is 16.8 Å². The molecule has 0 saturated heterocycles. The Bertz CT molecular complexity index is 499. The fraction of sp³-hybridized carbons (Fsp3) is 0.688. The number of aryl methyl sites for hydroxylation is 2. The first-order valence-electron chi connectivity index (χ1n) is 7.33. The summed E-state index contributed by atoms with van der Waals surface area (Å²) in [4.78, 5) is 12.6. The predicted octanol–water partition coefficient (Wildman–Crippen LogP) is 4.28. The topological polar surface area (TPSA) is 42.2 Å². The van der Waals surface area contributed by atoms with Crippen molar-refractivity contribution in [3.63, 3.8) is 0 Å². The smallest absolute Gasteiger partial charge is 0.255 e. The summed E-state index contributed by atoms with van der Waals surface area (Å²) in [6.07, 6.45) is 4.43. The molecule has 2 rings (SSSR count). The lowest BCUT2D eigenvalue weighted by Gasteiger charge is -2.39. The van der Waals surface area contributed by atoms with Crippen molar-refractivity contribution in [1.82, 2.24) is 5.32 Å². The van der Waals surface area contributed by atoms with Gasteiger partial charge in [-0.1, -0.05) is 22.9 Å². The fourth-order valence-corrected chi connectivity index (χ4v) is 3.74. The lowest BCUT2D eigenvalue weighted by molar-refractivity contribution is 0.0872. The summed E-state index contributed by atoms with van der Waals surface area (Å²) in [5.41, 5.74) is 1.56. The van der Waals surface area contributed by atoms with Crippen LogP contribution < -0.4 is 5.32 Å². The van der Waals surface area contributed by atoms with Crippen molar-refractivity contribution in [2.45, 2.75) is 58.9 Å². The van der Waals surface area contributed by atoms with Gasteiger partial charge in [-0.25, -0.2) is 0 Å². The summed E-state index contributed by atoms with van der Waals surface area (Å²) < 4.78 is 5.57. The van der Waals surface area contributed by atoms with Crippen molar-refractivity contribution in [2.24, 2.45) is 5.92 Å².